The molecule has 2 bridgehead atoms. The van der Waals surface area contributed by atoms with Gasteiger partial charge in [0.05, 0.1) is 5.71 Å². The van der Waals surface area contributed by atoms with Gasteiger partial charge in [0.25, 0.3) is 0 Å². The van der Waals surface area contributed by atoms with Crippen molar-refractivity contribution in [3.8, 4) is 0 Å². The maximum Gasteiger partial charge on any atom is 0.0612 e. The van der Waals surface area contributed by atoms with Gasteiger partial charge in [-0.05, 0) is 48.5 Å². The highest BCUT2D eigenvalue weighted by Crippen LogP contribution is 2.50. The molecule has 0 saturated heterocycles. The molecule has 114 valence electrons. The van der Waals surface area contributed by atoms with E-state index in [0.29, 0.717) is 11.8 Å². The molecule has 1 heteroatoms. The summed E-state index contributed by atoms with van der Waals surface area (Å²) in [6.07, 6.45) is 11.5. The van der Waals surface area contributed by atoms with E-state index in [0.717, 1.165) is 13.0 Å². The molecule has 1 unspecified atom stereocenters. The summed E-state index contributed by atoms with van der Waals surface area (Å²) in [7, 11) is 0. The van der Waals surface area contributed by atoms with Crippen LogP contribution in [0.15, 0.2) is 52.1 Å². The number of rotatable bonds is 8. The second-order valence-corrected chi connectivity index (χ2v) is 6.29. The molecule has 1 nitrogen and oxygen atoms in total. The van der Waals surface area contributed by atoms with Gasteiger partial charge in [-0.3, -0.25) is 4.99 Å². The standard InChI is InChI=1S/C20H29N/c1-6-9-10-19(21-13-15(7-2)8-3)20-16-11-17(14(4)5)18(20)12-16/h9-11,15,18H,4,6-8,12-13H2,1-3,5H3/b10-9-,21-19+. The first-order valence-electron chi connectivity index (χ1n) is 8.44. The van der Waals surface area contributed by atoms with E-state index < -0.39 is 0 Å². The molecule has 1 atom stereocenters. The Morgan fingerprint density at radius 2 is 2.10 bits per heavy atom. The van der Waals surface area contributed by atoms with Gasteiger partial charge < -0.3 is 0 Å². The van der Waals surface area contributed by atoms with E-state index in [1.807, 2.05) is 0 Å². The van der Waals surface area contributed by atoms with Crippen molar-refractivity contribution in [1.82, 2.24) is 0 Å². The highest BCUT2D eigenvalue weighted by molar-refractivity contribution is 6.12. The van der Waals surface area contributed by atoms with Crippen molar-refractivity contribution in [3.63, 3.8) is 0 Å². The number of aliphatic imine (C=N–C) groups is 1. The van der Waals surface area contributed by atoms with Crippen molar-refractivity contribution in [2.45, 2.75) is 53.4 Å². The molecule has 3 aliphatic rings. The number of nitrogens with zero attached hydrogens (tertiary/aromatic N) is 1. The molecule has 0 aromatic rings. The van der Waals surface area contributed by atoms with Crippen molar-refractivity contribution in [3.05, 3.63) is 47.1 Å². The van der Waals surface area contributed by atoms with Crippen LogP contribution in [-0.2, 0) is 0 Å². The summed E-state index contributed by atoms with van der Waals surface area (Å²) in [6.45, 7) is 13.9. The predicted octanol–water partition coefficient (Wildman–Crippen LogP) is 5.66. The molecule has 0 aliphatic heterocycles. The van der Waals surface area contributed by atoms with Crippen molar-refractivity contribution in [1.29, 1.82) is 0 Å². The normalized spacial score (nSPS) is 21.3. The minimum atomic E-state index is 0.569. The number of hydrogen-bond acceptors (Lipinski definition) is 1. The fraction of sp³-hybridized carbons (Fsp3) is 0.550. The second kappa shape index (κ2) is 7.06. The smallest absolute Gasteiger partial charge is 0.0612 e. The van der Waals surface area contributed by atoms with Gasteiger partial charge in [0, 0.05) is 12.5 Å². The van der Waals surface area contributed by atoms with Gasteiger partial charge in [0.15, 0.2) is 0 Å². The van der Waals surface area contributed by atoms with Crippen LogP contribution in [0.5, 0.6) is 0 Å². The first kappa shape index (κ1) is 16.0. The van der Waals surface area contributed by atoms with Crippen molar-refractivity contribution < 1.29 is 0 Å². The van der Waals surface area contributed by atoms with Crippen molar-refractivity contribution >= 4 is 5.71 Å². The Hall–Kier alpha value is -1.37. The van der Waals surface area contributed by atoms with Crippen LogP contribution in [-0.4, -0.2) is 12.3 Å². The molecule has 0 saturated carbocycles. The van der Waals surface area contributed by atoms with Gasteiger partial charge in [-0.2, -0.15) is 0 Å². The van der Waals surface area contributed by atoms with Gasteiger partial charge in [0.1, 0.15) is 0 Å². The average Bonchev–Trinajstić information content (AvgIpc) is 3.04. The molecular weight excluding hydrogens is 254 g/mol. The molecule has 0 N–H and O–H groups in total. The topological polar surface area (TPSA) is 12.4 Å². The Bertz CT molecular complexity index is 524. The van der Waals surface area contributed by atoms with Crippen LogP contribution in [0.3, 0.4) is 0 Å². The minimum absolute atomic E-state index is 0.569. The zero-order valence-corrected chi connectivity index (χ0v) is 14.1. The maximum atomic E-state index is 4.97. The molecule has 0 amide bonds. The fourth-order valence-electron chi connectivity index (χ4n) is 3.21. The van der Waals surface area contributed by atoms with E-state index >= 15 is 0 Å². The zero-order valence-electron chi connectivity index (χ0n) is 14.1. The molecule has 21 heavy (non-hydrogen) atoms. The largest absolute Gasteiger partial charge is 0.285 e. The predicted molar refractivity (Wildman–Crippen MR) is 93.8 cm³/mol. The Morgan fingerprint density at radius 1 is 1.38 bits per heavy atom. The van der Waals surface area contributed by atoms with Crippen LogP contribution in [0.1, 0.15) is 53.4 Å². The summed E-state index contributed by atoms with van der Waals surface area (Å²) in [5, 5.41) is 0. The van der Waals surface area contributed by atoms with Crippen LogP contribution >= 0.6 is 0 Å². The van der Waals surface area contributed by atoms with Crippen LogP contribution in [0, 0.1) is 11.8 Å². The average molecular weight is 283 g/mol. The quantitative estimate of drug-likeness (QED) is 0.509. The van der Waals surface area contributed by atoms with Crippen molar-refractivity contribution in [2.75, 3.05) is 6.54 Å². The highest BCUT2D eigenvalue weighted by atomic mass is 14.8. The lowest BCUT2D eigenvalue weighted by molar-refractivity contribution is 0.506. The maximum absolute atomic E-state index is 4.97. The molecule has 0 radical (unpaired) electrons. The fourth-order valence-corrected chi connectivity index (χ4v) is 3.21. The third-order valence-electron chi connectivity index (χ3n) is 4.78. The number of allylic oxidation sites excluding steroid dienone is 7. The lowest BCUT2D eigenvalue weighted by atomic mass is 9.77. The van der Waals surface area contributed by atoms with Crippen LogP contribution in [0.25, 0.3) is 0 Å². The minimum Gasteiger partial charge on any atom is -0.285 e. The zero-order chi connectivity index (χ0) is 15.4. The Morgan fingerprint density at radius 3 is 2.62 bits per heavy atom. The van der Waals surface area contributed by atoms with Gasteiger partial charge >= 0.3 is 0 Å². The van der Waals surface area contributed by atoms with E-state index in [-0.39, 0.29) is 0 Å². The van der Waals surface area contributed by atoms with E-state index in [4.69, 9.17) is 4.99 Å². The first-order chi connectivity index (χ1) is 10.1. The number of hydrogen-bond donors (Lipinski definition) is 0. The molecular formula is C20H29N. The molecule has 3 rings (SSSR count). The first-order valence-corrected chi connectivity index (χ1v) is 8.44. The molecule has 0 aromatic heterocycles. The monoisotopic (exact) mass is 283 g/mol. The van der Waals surface area contributed by atoms with Gasteiger partial charge in [-0.1, -0.05) is 57.9 Å². The highest BCUT2D eigenvalue weighted by Gasteiger charge is 2.39. The summed E-state index contributed by atoms with van der Waals surface area (Å²) in [5.74, 6) is 1.28. The Kier molecular flexibility index (Phi) is 5.39. The molecule has 0 fully saturated rings. The van der Waals surface area contributed by atoms with Gasteiger partial charge in [-0.15, -0.1) is 0 Å². The summed E-state index contributed by atoms with van der Waals surface area (Å²) >= 11 is 0. The molecule has 3 aliphatic carbocycles. The van der Waals surface area contributed by atoms with E-state index in [9.17, 15) is 0 Å². The summed E-state index contributed by atoms with van der Waals surface area (Å²) in [6, 6.07) is 0. The van der Waals surface area contributed by atoms with Crippen LogP contribution in [0.2, 0.25) is 0 Å². The SMILES string of the molecule is C=C(C)C1=CC2=C(C(/C=C\CC)=N/CC(CC)CC)C1C2. The Labute approximate surface area is 130 Å². The van der Waals surface area contributed by atoms with E-state index in [1.165, 1.54) is 47.3 Å². The molecule has 0 aromatic carbocycles. The second-order valence-electron chi connectivity index (χ2n) is 6.29. The van der Waals surface area contributed by atoms with Crippen LogP contribution < -0.4 is 0 Å². The third-order valence-corrected chi connectivity index (χ3v) is 4.78. The molecule has 0 heterocycles. The lowest BCUT2D eigenvalue weighted by Crippen LogP contribution is -2.20. The van der Waals surface area contributed by atoms with Gasteiger partial charge in [-0.25, -0.2) is 0 Å². The Balaban J connectivity index is 2.17. The molecule has 0 spiro atoms. The summed E-state index contributed by atoms with van der Waals surface area (Å²) < 4.78 is 0. The summed E-state index contributed by atoms with van der Waals surface area (Å²) in [4.78, 5) is 4.97. The third kappa shape index (κ3) is 3.28. The van der Waals surface area contributed by atoms with Gasteiger partial charge in [0.2, 0.25) is 0 Å². The van der Waals surface area contributed by atoms with Crippen molar-refractivity contribution in [2.24, 2.45) is 16.8 Å². The lowest BCUT2D eigenvalue weighted by Gasteiger charge is -2.27. The van der Waals surface area contributed by atoms with Crippen LogP contribution in [0.4, 0.5) is 0 Å². The van der Waals surface area contributed by atoms with E-state index in [1.54, 1.807) is 0 Å². The van der Waals surface area contributed by atoms with E-state index in [2.05, 4.69) is 52.5 Å². The summed E-state index contributed by atoms with van der Waals surface area (Å²) in [5.41, 5.74) is 6.83.